The minimum atomic E-state index is -1.80. The zero-order valence-electron chi connectivity index (χ0n) is 12.7. The molecule has 0 aromatic heterocycles. The molecule has 0 N–H and O–H groups in total. The van der Waals surface area contributed by atoms with E-state index in [9.17, 15) is 4.79 Å². The SMILES string of the molecule is C[Si](C)(C)O[C@@]12CCCCC[C@@H]1[C@@H]1OC(=O)[C@@]2(Br)C=C1Br. The molecule has 2 heterocycles. The number of esters is 1. The Morgan fingerprint density at radius 3 is 2.71 bits per heavy atom. The Bertz CT molecular complexity index is 502. The third-order valence-electron chi connectivity index (χ3n) is 4.77. The molecule has 2 fully saturated rings. The molecule has 118 valence electrons. The van der Waals surface area contributed by atoms with E-state index < -0.39 is 18.2 Å². The predicted octanol–water partition coefficient (Wildman–Crippen LogP) is 4.51. The lowest BCUT2D eigenvalue weighted by Gasteiger charge is -2.59. The maximum atomic E-state index is 12.6. The average molecular weight is 438 g/mol. The van der Waals surface area contributed by atoms with Gasteiger partial charge in [0, 0.05) is 10.4 Å². The fourth-order valence-corrected chi connectivity index (χ4v) is 7.73. The first-order valence-corrected chi connectivity index (χ1v) is 12.7. The standard InChI is InChI=1S/C15H22Br2O3Si/c1-21(2,3)20-15-8-6-4-5-7-10(15)12-11(16)9-14(15,17)13(18)19-12/h9-10,12H,4-8H2,1-3H3/t10-,12+,14+,15+/m1/s1. The lowest BCUT2D eigenvalue weighted by molar-refractivity contribution is -0.185. The lowest BCUT2D eigenvalue weighted by atomic mass is 9.66. The number of halogens is 2. The van der Waals surface area contributed by atoms with Crippen LogP contribution in [-0.2, 0) is 14.0 Å². The third kappa shape index (κ3) is 2.41. The van der Waals surface area contributed by atoms with Crippen molar-refractivity contribution >= 4 is 46.1 Å². The van der Waals surface area contributed by atoms with Crippen molar-refractivity contribution in [1.82, 2.24) is 0 Å². The maximum Gasteiger partial charge on any atom is 0.330 e. The zero-order valence-corrected chi connectivity index (χ0v) is 16.9. The van der Waals surface area contributed by atoms with Gasteiger partial charge in [0.05, 0.1) is 5.60 Å². The van der Waals surface area contributed by atoms with Crippen LogP contribution in [0.5, 0.6) is 0 Å². The van der Waals surface area contributed by atoms with Crippen LogP contribution in [0.25, 0.3) is 0 Å². The largest absolute Gasteiger partial charge is 0.455 e. The molecule has 0 radical (unpaired) electrons. The molecular formula is C15H22Br2O3Si. The van der Waals surface area contributed by atoms with Crippen LogP contribution in [-0.4, -0.2) is 30.3 Å². The summed E-state index contributed by atoms with van der Waals surface area (Å²) in [5, 5.41) is 0. The van der Waals surface area contributed by atoms with Gasteiger partial charge >= 0.3 is 5.97 Å². The van der Waals surface area contributed by atoms with Crippen molar-refractivity contribution in [3.8, 4) is 0 Å². The van der Waals surface area contributed by atoms with E-state index in [0.29, 0.717) is 0 Å². The summed E-state index contributed by atoms with van der Waals surface area (Å²) >= 11 is 7.35. The van der Waals surface area contributed by atoms with Crippen molar-refractivity contribution in [3.63, 3.8) is 0 Å². The third-order valence-corrected chi connectivity index (χ3v) is 7.65. The highest BCUT2D eigenvalue weighted by Crippen LogP contribution is 2.59. The van der Waals surface area contributed by atoms with E-state index in [1.54, 1.807) is 0 Å². The summed E-state index contributed by atoms with van der Waals surface area (Å²) in [6, 6.07) is 0. The molecule has 4 rings (SSSR count). The Hall–Kier alpha value is 0.347. The first kappa shape index (κ1) is 16.2. The van der Waals surface area contributed by atoms with Crippen LogP contribution in [0.1, 0.15) is 32.1 Å². The number of ether oxygens (including phenoxy) is 1. The van der Waals surface area contributed by atoms with E-state index in [2.05, 4.69) is 51.5 Å². The molecular weight excluding hydrogens is 416 g/mol. The van der Waals surface area contributed by atoms with Gasteiger partial charge in [-0.25, -0.2) is 0 Å². The summed E-state index contributed by atoms with van der Waals surface area (Å²) in [5.74, 6) is 0.0512. The van der Waals surface area contributed by atoms with Gasteiger partial charge in [-0.1, -0.05) is 51.1 Å². The van der Waals surface area contributed by atoms with E-state index in [0.717, 1.165) is 23.7 Å². The minimum absolute atomic E-state index is 0.175. The molecule has 1 saturated heterocycles. The minimum Gasteiger partial charge on any atom is -0.455 e. The topological polar surface area (TPSA) is 35.5 Å². The predicted molar refractivity (Wildman–Crippen MR) is 92.3 cm³/mol. The highest BCUT2D eigenvalue weighted by molar-refractivity contribution is 9.12. The number of hydrogen-bond donors (Lipinski definition) is 0. The molecule has 2 aliphatic carbocycles. The van der Waals surface area contributed by atoms with E-state index in [4.69, 9.17) is 9.16 Å². The van der Waals surface area contributed by atoms with Gasteiger partial charge in [0.1, 0.15) is 6.10 Å². The molecule has 0 aromatic carbocycles. The Morgan fingerprint density at radius 2 is 2.05 bits per heavy atom. The van der Waals surface area contributed by atoms with Crippen LogP contribution in [0.2, 0.25) is 19.6 Å². The van der Waals surface area contributed by atoms with Crippen molar-refractivity contribution in [2.24, 2.45) is 5.92 Å². The van der Waals surface area contributed by atoms with E-state index in [1.807, 2.05) is 6.08 Å². The molecule has 0 amide bonds. The summed E-state index contributed by atoms with van der Waals surface area (Å²) < 4.78 is 12.6. The smallest absolute Gasteiger partial charge is 0.330 e. The Morgan fingerprint density at radius 1 is 1.33 bits per heavy atom. The van der Waals surface area contributed by atoms with Crippen molar-refractivity contribution in [3.05, 3.63) is 10.6 Å². The Labute approximate surface area is 144 Å². The summed E-state index contributed by atoms with van der Waals surface area (Å²) in [5.41, 5.74) is -0.453. The second-order valence-corrected chi connectivity index (χ2v) is 14.0. The van der Waals surface area contributed by atoms with Crippen LogP contribution < -0.4 is 0 Å². The van der Waals surface area contributed by atoms with Crippen molar-refractivity contribution in [2.45, 2.75) is 67.8 Å². The van der Waals surface area contributed by atoms with Crippen LogP contribution in [0.15, 0.2) is 10.6 Å². The molecule has 3 nitrogen and oxygen atoms in total. The molecule has 0 aromatic rings. The van der Waals surface area contributed by atoms with Gasteiger partial charge < -0.3 is 9.16 Å². The van der Waals surface area contributed by atoms with E-state index in [1.165, 1.54) is 12.8 Å². The molecule has 6 heteroatoms. The summed E-state index contributed by atoms with van der Waals surface area (Å²) in [6.07, 6.45) is 7.29. The van der Waals surface area contributed by atoms with Gasteiger partial charge in [-0.15, -0.1) is 0 Å². The molecule has 4 aliphatic rings. The average Bonchev–Trinajstić information content (AvgIpc) is 2.55. The molecule has 2 bridgehead atoms. The fraction of sp³-hybridized carbons (Fsp3) is 0.800. The number of hydrogen-bond acceptors (Lipinski definition) is 3. The maximum absolute atomic E-state index is 12.6. The number of rotatable bonds is 2. The van der Waals surface area contributed by atoms with Crippen LogP contribution in [0, 0.1) is 5.92 Å². The van der Waals surface area contributed by atoms with Gasteiger partial charge in [-0.2, -0.15) is 0 Å². The molecule has 21 heavy (non-hydrogen) atoms. The first-order chi connectivity index (χ1) is 9.70. The van der Waals surface area contributed by atoms with Crippen LogP contribution >= 0.6 is 31.9 Å². The van der Waals surface area contributed by atoms with E-state index in [-0.39, 0.29) is 18.0 Å². The van der Waals surface area contributed by atoms with Crippen LogP contribution in [0.3, 0.4) is 0 Å². The van der Waals surface area contributed by atoms with Gasteiger partial charge in [-0.3, -0.25) is 4.79 Å². The van der Waals surface area contributed by atoms with Crippen LogP contribution in [0.4, 0.5) is 0 Å². The molecule has 2 aliphatic heterocycles. The number of alkyl halides is 1. The number of fused-ring (bicyclic) bond motifs is 1. The quantitative estimate of drug-likeness (QED) is 0.362. The molecule has 4 atom stereocenters. The van der Waals surface area contributed by atoms with Gasteiger partial charge in [0.25, 0.3) is 0 Å². The van der Waals surface area contributed by atoms with Crippen molar-refractivity contribution in [2.75, 3.05) is 0 Å². The summed E-state index contributed by atoms with van der Waals surface area (Å²) in [4.78, 5) is 12.6. The number of carbonyl (C=O) groups is 1. The highest BCUT2D eigenvalue weighted by atomic mass is 79.9. The van der Waals surface area contributed by atoms with Gasteiger partial charge in [-0.05, 0) is 38.6 Å². The monoisotopic (exact) mass is 436 g/mol. The normalized spacial score (nSPS) is 42.9. The molecule has 0 unspecified atom stereocenters. The first-order valence-electron chi connectivity index (χ1n) is 7.68. The second kappa shape index (κ2) is 5.18. The van der Waals surface area contributed by atoms with Gasteiger partial charge in [0.2, 0.25) is 0 Å². The molecule has 1 saturated carbocycles. The second-order valence-electron chi connectivity index (χ2n) is 7.38. The van der Waals surface area contributed by atoms with Crippen molar-refractivity contribution < 1.29 is 14.0 Å². The summed E-state index contributed by atoms with van der Waals surface area (Å²) in [6.45, 7) is 6.60. The van der Waals surface area contributed by atoms with E-state index >= 15 is 0 Å². The van der Waals surface area contributed by atoms with Gasteiger partial charge in [0.15, 0.2) is 12.6 Å². The number of carbonyl (C=O) groups excluding carboxylic acids is 1. The Kier molecular flexibility index (Phi) is 4.00. The van der Waals surface area contributed by atoms with Crippen molar-refractivity contribution in [1.29, 1.82) is 0 Å². The Balaban J connectivity index is 2.15. The lowest BCUT2D eigenvalue weighted by Crippen LogP contribution is -2.71. The fourth-order valence-electron chi connectivity index (χ4n) is 4.10. The zero-order chi connectivity index (χ0) is 15.5. The summed E-state index contributed by atoms with van der Waals surface area (Å²) in [7, 11) is -1.80. The molecule has 0 spiro atoms. The highest BCUT2D eigenvalue weighted by Gasteiger charge is 2.69.